The number of hydrogen-bond acceptors (Lipinski definition) is 9. The molecule has 0 radical (unpaired) electrons. The molecule has 2 aromatic carbocycles. The van der Waals surface area contributed by atoms with Crippen LogP contribution >= 0.6 is 0 Å². The van der Waals surface area contributed by atoms with Gasteiger partial charge in [-0.3, -0.25) is 14.9 Å². The Morgan fingerprint density at radius 1 is 1.10 bits per heavy atom. The zero-order chi connectivity index (χ0) is 31.6. The number of nitro benzene ring substituents is 1. The molecule has 0 bridgehead atoms. The van der Waals surface area contributed by atoms with Crippen molar-refractivity contribution in [3.63, 3.8) is 0 Å². The van der Waals surface area contributed by atoms with Gasteiger partial charge in [-0.25, -0.2) is 4.79 Å². The van der Waals surface area contributed by atoms with Crippen molar-refractivity contribution in [1.29, 1.82) is 0 Å². The van der Waals surface area contributed by atoms with Gasteiger partial charge in [0.2, 0.25) is 0 Å². The van der Waals surface area contributed by atoms with Gasteiger partial charge < -0.3 is 28.6 Å². The first-order valence-corrected chi connectivity index (χ1v) is 16.5. The van der Waals surface area contributed by atoms with E-state index in [0.717, 1.165) is 17.2 Å². The van der Waals surface area contributed by atoms with Crippen LogP contribution in [-0.4, -0.2) is 60.7 Å². The highest BCUT2D eigenvalue weighted by Gasteiger charge is 2.40. The molecule has 0 aliphatic carbocycles. The van der Waals surface area contributed by atoms with Crippen LogP contribution in [0, 0.1) is 10.1 Å². The second kappa shape index (κ2) is 12.1. The number of nitrogens with zero attached hydrogens (tertiary/aromatic N) is 2. The zero-order valence-corrected chi connectivity index (χ0v) is 26.6. The number of amides is 1. The van der Waals surface area contributed by atoms with Gasteiger partial charge in [-0.2, -0.15) is 0 Å². The molecule has 1 heterocycles. The molecule has 42 heavy (non-hydrogen) atoms. The fourth-order valence-electron chi connectivity index (χ4n) is 4.04. The number of nitro groups is 1. The Kier molecular flexibility index (Phi) is 9.43. The van der Waals surface area contributed by atoms with Crippen molar-refractivity contribution < 1.29 is 38.3 Å². The summed E-state index contributed by atoms with van der Waals surface area (Å²) in [5.41, 5.74) is 0.125. The van der Waals surface area contributed by atoms with Gasteiger partial charge in [0.25, 0.3) is 11.6 Å². The van der Waals surface area contributed by atoms with Gasteiger partial charge in [0.1, 0.15) is 16.9 Å². The highest BCUT2D eigenvalue weighted by molar-refractivity contribution is 6.74. The molecule has 0 aromatic heterocycles. The molecule has 2 aromatic rings. The summed E-state index contributed by atoms with van der Waals surface area (Å²) in [6, 6.07) is 8.42. The maximum Gasteiger partial charge on any atom is 0.514 e. The Balaban J connectivity index is 1.96. The number of phenols is 1. The van der Waals surface area contributed by atoms with Crippen LogP contribution in [-0.2, 0) is 9.16 Å². The molecule has 228 valence electrons. The minimum Gasteiger partial charge on any atom is -0.504 e. The molecule has 0 fully saturated rings. The first-order chi connectivity index (χ1) is 19.3. The van der Waals surface area contributed by atoms with Crippen molar-refractivity contribution in [3.8, 4) is 17.2 Å². The topological polar surface area (TPSA) is 138 Å². The Morgan fingerprint density at radius 2 is 1.71 bits per heavy atom. The summed E-state index contributed by atoms with van der Waals surface area (Å²) in [6.45, 7) is 16.0. The minimum atomic E-state index is -2.19. The van der Waals surface area contributed by atoms with Crippen molar-refractivity contribution in [2.75, 3.05) is 13.7 Å². The summed E-state index contributed by atoms with van der Waals surface area (Å²) in [7, 11) is -0.891. The van der Waals surface area contributed by atoms with Crippen LogP contribution in [0.3, 0.4) is 0 Å². The number of ether oxygens (including phenoxy) is 3. The number of carbonyl (C=O) groups excluding carboxylic acids is 2. The van der Waals surface area contributed by atoms with E-state index in [1.165, 1.54) is 18.1 Å². The fourth-order valence-corrected chi connectivity index (χ4v) is 5.08. The average molecular weight is 601 g/mol. The Bertz CT molecular complexity index is 1370. The predicted octanol–water partition coefficient (Wildman–Crippen LogP) is 6.90. The smallest absolute Gasteiger partial charge is 0.504 e. The summed E-state index contributed by atoms with van der Waals surface area (Å²) in [5, 5.41) is 21.9. The van der Waals surface area contributed by atoms with Crippen molar-refractivity contribution in [2.45, 2.75) is 77.7 Å². The Morgan fingerprint density at radius 3 is 2.24 bits per heavy atom. The normalized spacial score (nSPS) is 15.7. The zero-order valence-electron chi connectivity index (χ0n) is 25.6. The van der Waals surface area contributed by atoms with Crippen LogP contribution in [0.5, 0.6) is 17.2 Å². The number of carbonyl (C=O) groups is 2. The lowest BCUT2D eigenvalue weighted by Crippen LogP contribution is -2.45. The Hall–Kier alpha value is -3.90. The van der Waals surface area contributed by atoms with E-state index in [2.05, 4.69) is 33.9 Å². The van der Waals surface area contributed by atoms with Crippen LogP contribution in [0.2, 0.25) is 18.1 Å². The minimum absolute atomic E-state index is 0.0537. The number of rotatable bonds is 8. The van der Waals surface area contributed by atoms with Crippen molar-refractivity contribution in [1.82, 2.24) is 4.90 Å². The molecule has 0 unspecified atom stereocenters. The number of hydrogen-bond donors (Lipinski definition) is 1. The van der Waals surface area contributed by atoms with Crippen molar-refractivity contribution in [3.05, 3.63) is 63.8 Å². The largest absolute Gasteiger partial charge is 0.514 e. The standard InChI is InChI=1S/C30H40N2O9Si/c1-29(2,3)41-28(35)40-22-12-10-19(11-13-22)20-14-21(18-39-42(8,9)30(4,5)6)31(17-20)27(34)23-15-26(38-7)25(33)16-24(23)32(36)37/h10-13,15-17,21,33H,14,18H2,1-9H3/t21-/m0/s1. The summed E-state index contributed by atoms with van der Waals surface area (Å²) in [4.78, 5) is 38.5. The maximum atomic E-state index is 13.9. The first-order valence-electron chi connectivity index (χ1n) is 13.6. The molecule has 0 saturated heterocycles. The van der Waals surface area contributed by atoms with E-state index in [1.54, 1.807) is 51.2 Å². The lowest BCUT2D eigenvalue weighted by atomic mass is 10.0. The molecule has 1 atom stereocenters. The van der Waals surface area contributed by atoms with Gasteiger partial charge in [-0.1, -0.05) is 32.9 Å². The summed E-state index contributed by atoms with van der Waals surface area (Å²) >= 11 is 0. The van der Waals surface area contributed by atoms with E-state index < -0.39 is 48.4 Å². The Labute approximate surface area is 247 Å². The molecule has 1 aliphatic heterocycles. The van der Waals surface area contributed by atoms with E-state index in [1.807, 2.05) is 0 Å². The van der Waals surface area contributed by atoms with Gasteiger partial charge in [0.05, 0.1) is 30.7 Å². The second-order valence-electron chi connectivity index (χ2n) is 12.7. The molecule has 0 spiro atoms. The van der Waals surface area contributed by atoms with E-state index in [4.69, 9.17) is 18.6 Å². The molecular weight excluding hydrogens is 560 g/mol. The van der Waals surface area contributed by atoms with Crippen LogP contribution in [0.4, 0.5) is 10.5 Å². The summed E-state index contributed by atoms with van der Waals surface area (Å²) in [6.07, 6.45) is 1.27. The third-order valence-corrected chi connectivity index (χ3v) is 11.9. The molecule has 3 rings (SSSR count). The van der Waals surface area contributed by atoms with Gasteiger partial charge in [-0.15, -0.1) is 0 Å². The van der Waals surface area contributed by atoms with Gasteiger partial charge >= 0.3 is 6.16 Å². The molecule has 1 N–H and O–H groups in total. The lowest BCUT2D eigenvalue weighted by molar-refractivity contribution is -0.385. The van der Waals surface area contributed by atoms with Gasteiger partial charge in [0.15, 0.2) is 19.8 Å². The third kappa shape index (κ3) is 7.68. The predicted molar refractivity (Wildman–Crippen MR) is 160 cm³/mol. The van der Waals surface area contributed by atoms with Gasteiger partial charge in [0, 0.05) is 12.3 Å². The van der Waals surface area contributed by atoms with E-state index in [0.29, 0.717) is 12.2 Å². The van der Waals surface area contributed by atoms with Crippen LogP contribution in [0.15, 0.2) is 42.6 Å². The number of phenolic OH excluding ortho intramolecular Hbond substituents is 1. The SMILES string of the molecule is COc1cc(C(=O)N2C=C(c3ccc(OC(=O)OC(C)(C)C)cc3)C[C@H]2CO[Si](C)(C)C(C)(C)C)c([N+](=O)[O-])cc1O. The summed E-state index contributed by atoms with van der Waals surface area (Å²) in [5.74, 6) is -0.820. The van der Waals surface area contributed by atoms with Crippen LogP contribution in [0.25, 0.3) is 5.57 Å². The van der Waals surface area contributed by atoms with Crippen molar-refractivity contribution in [2.24, 2.45) is 0 Å². The number of aromatic hydroxyl groups is 1. The second-order valence-corrected chi connectivity index (χ2v) is 17.5. The van der Waals surface area contributed by atoms with Crippen LogP contribution in [0.1, 0.15) is 63.9 Å². The molecule has 1 amide bonds. The number of methoxy groups -OCH3 is 1. The molecule has 11 nitrogen and oxygen atoms in total. The third-order valence-electron chi connectivity index (χ3n) is 7.36. The highest BCUT2D eigenvalue weighted by Crippen LogP contribution is 2.40. The fraction of sp³-hybridized carbons (Fsp3) is 0.467. The van der Waals surface area contributed by atoms with E-state index in [-0.39, 0.29) is 23.0 Å². The monoisotopic (exact) mass is 600 g/mol. The maximum absolute atomic E-state index is 13.9. The van der Waals surface area contributed by atoms with Gasteiger partial charge in [-0.05, 0) is 68.6 Å². The lowest BCUT2D eigenvalue weighted by Gasteiger charge is -2.38. The molecule has 1 aliphatic rings. The van der Waals surface area contributed by atoms with Crippen molar-refractivity contribution >= 4 is 31.6 Å². The first kappa shape index (κ1) is 32.6. The quantitative estimate of drug-likeness (QED) is 0.113. The number of benzene rings is 2. The molecular formula is C30H40N2O9Si. The average Bonchev–Trinajstić information content (AvgIpc) is 3.29. The highest BCUT2D eigenvalue weighted by atomic mass is 28.4. The molecule has 0 saturated carbocycles. The van der Waals surface area contributed by atoms with E-state index in [9.17, 15) is 24.8 Å². The van der Waals surface area contributed by atoms with Crippen LogP contribution < -0.4 is 9.47 Å². The summed E-state index contributed by atoms with van der Waals surface area (Å²) < 4.78 is 22.0. The van der Waals surface area contributed by atoms with E-state index >= 15 is 0 Å². The molecule has 12 heteroatoms.